The second-order valence-electron chi connectivity index (χ2n) is 8.81. The number of piperazine rings is 1. The normalized spacial score (nSPS) is 26.9. The Morgan fingerprint density at radius 1 is 1.12 bits per heavy atom. The van der Waals surface area contributed by atoms with Gasteiger partial charge in [-0.15, -0.1) is 0 Å². The van der Waals surface area contributed by atoms with Crippen molar-refractivity contribution in [3.8, 4) is 0 Å². The molecule has 2 aliphatic rings. The van der Waals surface area contributed by atoms with Crippen molar-refractivity contribution in [2.24, 2.45) is 5.92 Å². The third-order valence-corrected chi connectivity index (χ3v) is 5.23. The summed E-state index contributed by atoms with van der Waals surface area (Å²) >= 11 is 0. The van der Waals surface area contributed by atoms with Crippen LogP contribution in [-0.4, -0.2) is 90.8 Å². The first-order valence-corrected chi connectivity index (χ1v) is 9.83. The van der Waals surface area contributed by atoms with Gasteiger partial charge in [0.05, 0.1) is 12.2 Å². The van der Waals surface area contributed by atoms with E-state index in [-0.39, 0.29) is 23.8 Å². The Bertz CT molecular complexity index is 423. The van der Waals surface area contributed by atoms with Crippen LogP contribution in [0.5, 0.6) is 0 Å². The molecular formula is C19H38N4O2. The summed E-state index contributed by atoms with van der Waals surface area (Å²) in [7, 11) is 0. The number of nitrogens with zero attached hydrogens (tertiary/aromatic N) is 3. The SMILES string of the molecule is CC(C)CN1CCN(C(=O)NCC(C)(C)N2CC(C)OC(C)C2)CC1. The second kappa shape index (κ2) is 8.69. The van der Waals surface area contributed by atoms with Crippen molar-refractivity contribution < 1.29 is 9.53 Å². The zero-order valence-electron chi connectivity index (χ0n) is 17.0. The number of hydrogen-bond donors (Lipinski definition) is 1. The number of hydrogen-bond acceptors (Lipinski definition) is 4. The lowest BCUT2D eigenvalue weighted by molar-refractivity contribution is -0.0948. The Hall–Kier alpha value is -0.850. The van der Waals surface area contributed by atoms with E-state index in [0.717, 1.165) is 45.8 Å². The fourth-order valence-electron chi connectivity index (χ4n) is 3.84. The predicted molar refractivity (Wildman–Crippen MR) is 102 cm³/mol. The molecule has 0 aliphatic carbocycles. The largest absolute Gasteiger partial charge is 0.373 e. The minimum absolute atomic E-state index is 0.0680. The van der Waals surface area contributed by atoms with E-state index in [1.165, 1.54) is 0 Å². The Balaban J connectivity index is 1.77. The maximum Gasteiger partial charge on any atom is 0.317 e. The molecule has 2 heterocycles. The number of amides is 2. The van der Waals surface area contributed by atoms with Gasteiger partial charge in [0.15, 0.2) is 0 Å². The highest BCUT2D eigenvalue weighted by Gasteiger charge is 2.34. The van der Waals surface area contributed by atoms with Crippen LogP contribution in [0.15, 0.2) is 0 Å². The molecule has 2 saturated heterocycles. The Morgan fingerprint density at radius 3 is 2.20 bits per heavy atom. The van der Waals surface area contributed by atoms with Crippen molar-refractivity contribution in [1.82, 2.24) is 20.0 Å². The van der Waals surface area contributed by atoms with Crippen molar-refractivity contribution in [3.05, 3.63) is 0 Å². The van der Waals surface area contributed by atoms with Gasteiger partial charge in [-0.25, -0.2) is 4.79 Å². The van der Waals surface area contributed by atoms with Gasteiger partial charge in [-0.05, 0) is 33.6 Å². The summed E-state index contributed by atoms with van der Waals surface area (Å²) in [5, 5.41) is 3.16. The van der Waals surface area contributed by atoms with Crippen LogP contribution in [0.4, 0.5) is 4.79 Å². The first kappa shape index (κ1) is 20.5. The molecule has 2 fully saturated rings. The highest BCUT2D eigenvalue weighted by atomic mass is 16.5. The van der Waals surface area contributed by atoms with Gasteiger partial charge in [-0.2, -0.15) is 0 Å². The average molecular weight is 355 g/mol. The van der Waals surface area contributed by atoms with Gasteiger partial charge in [0.1, 0.15) is 0 Å². The Kier molecular flexibility index (Phi) is 7.11. The second-order valence-corrected chi connectivity index (χ2v) is 8.81. The van der Waals surface area contributed by atoms with Gasteiger partial charge in [0, 0.05) is 57.9 Å². The third kappa shape index (κ3) is 6.12. The molecule has 25 heavy (non-hydrogen) atoms. The zero-order chi connectivity index (χ0) is 18.6. The van der Waals surface area contributed by atoms with E-state index in [9.17, 15) is 4.79 Å². The first-order valence-electron chi connectivity index (χ1n) is 9.83. The molecule has 1 N–H and O–H groups in total. The van der Waals surface area contributed by atoms with Crippen LogP contribution in [0.2, 0.25) is 0 Å². The summed E-state index contributed by atoms with van der Waals surface area (Å²) in [4.78, 5) is 19.4. The van der Waals surface area contributed by atoms with E-state index in [1.807, 2.05) is 4.90 Å². The lowest BCUT2D eigenvalue weighted by atomic mass is 10.00. The molecule has 0 aromatic heterocycles. The number of ether oxygens (including phenoxy) is 1. The van der Waals surface area contributed by atoms with E-state index < -0.39 is 0 Å². The molecule has 2 atom stereocenters. The maximum absolute atomic E-state index is 12.5. The molecule has 146 valence electrons. The van der Waals surface area contributed by atoms with E-state index in [0.29, 0.717) is 12.5 Å². The minimum atomic E-state index is -0.0680. The molecule has 2 amide bonds. The highest BCUT2D eigenvalue weighted by Crippen LogP contribution is 2.20. The lowest BCUT2D eigenvalue weighted by Crippen LogP contribution is -2.60. The predicted octanol–water partition coefficient (Wildman–Crippen LogP) is 1.86. The van der Waals surface area contributed by atoms with E-state index in [1.54, 1.807) is 0 Å². The summed E-state index contributed by atoms with van der Waals surface area (Å²) < 4.78 is 5.83. The monoisotopic (exact) mass is 354 g/mol. The fraction of sp³-hybridized carbons (Fsp3) is 0.947. The summed E-state index contributed by atoms with van der Waals surface area (Å²) in [6, 6.07) is 0.0756. The van der Waals surface area contributed by atoms with Crippen LogP contribution in [0.3, 0.4) is 0 Å². The quantitative estimate of drug-likeness (QED) is 0.819. The van der Waals surface area contributed by atoms with Crippen LogP contribution in [0.1, 0.15) is 41.5 Å². The fourth-order valence-corrected chi connectivity index (χ4v) is 3.84. The Labute approximate surface area is 153 Å². The van der Waals surface area contributed by atoms with Crippen molar-refractivity contribution >= 4 is 6.03 Å². The first-order chi connectivity index (χ1) is 11.7. The highest BCUT2D eigenvalue weighted by molar-refractivity contribution is 5.74. The van der Waals surface area contributed by atoms with Gasteiger partial charge >= 0.3 is 6.03 Å². The number of nitrogens with one attached hydrogen (secondary N) is 1. The molecule has 0 aromatic rings. The molecule has 0 radical (unpaired) electrons. The van der Waals surface area contributed by atoms with Crippen LogP contribution < -0.4 is 5.32 Å². The van der Waals surface area contributed by atoms with Gasteiger partial charge in [-0.1, -0.05) is 13.8 Å². The summed E-state index contributed by atoms with van der Waals surface area (Å²) in [5.74, 6) is 0.680. The maximum atomic E-state index is 12.5. The van der Waals surface area contributed by atoms with Crippen LogP contribution >= 0.6 is 0 Å². The molecule has 2 rings (SSSR count). The molecule has 6 nitrogen and oxygen atoms in total. The van der Waals surface area contributed by atoms with Crippen LogP contribution in [0.25, 0.3) is 0 Å². The van der Waals surface area contributed by atoms with Crippen molar-refractivity contribution in [1.29, 1.82) is 0 Å². The molecule has 2 unspecified atom stereocenters. The number of morpholine rings is 1. The number of carbonyl (C=O) groups excluding carboxylic acids is 1. The summed E-state index contributed by atoms with van der Waals surface area (Å²) in [6.07, 6.45) is 0.487. The average Bonchev–Trinajstić information content (AvgIpc) is 2.52. The van der Waals surface area contributed by atoms with Crippen molar-refractivity contribution in [2.45, 2.75) is 59.3 Å². The molecule has 6 heteroatoms. The van der Waals surface area contributed by atoms with Crippen molar-refractivity contribution in [3.63, 3.8) is 0 Å². The van der Waals surface area contributed by atoms with Gasteiger partial charge in [0.2, 0.25) is 0 Å². The summed E-state index contributed by atoms with van der Waals surface area (Å²) in [6.45, 7) is 20.4. The van der Waals surface area contributed by atoms with Crippen LogP contribution in [-0.2, 0) is 4.74 Å². The van der Waals surface area contributed by atoms with Gasteiger partial charge in [-0.3, -0.25) is 9.80 Å². The molecule has 0 aromatic carbocycles. The van der Waals surface area contributed by atoms with Gasteiger partial charge in [0.25, 0.3) is 0 Å². The van der Waals surface area contributed by atoms with Gasteiger partial charge < -0.3 is 15.0 Å². The topological polar surface area (TPSA) is 48.0 Å². The molecule has 2 aliphatic heterocycles. The number of rotatable bonds is 5. The Morgan fingerprint density at radius 2 is 1.68 bits per heavy atom. The van der Waals surface area contributed by atoms with E-state index >= 15 is 0 Å². The minimum Gasteiger partial charge on any atom is -0.373 e. The molecular weight excluding hydrogens is 316 g/mol. The van der Waals surface area contributed by atoms with E-state index in [4.69, 9.17) is 4.74 Å². The standard InChI is InChI=1S/C19H38N4O2/c1-15(2)11-21-7-9-22(10-8-21)18(24)20-14-19(5,6)23-12-16(3)25-17(4)13-23/h15-17H,7-14H2,1-6H3,(H,20,24). The lowest BCUT2D eigenvalue weighted by Gasteiger charge is -2.45. The van der Waals surface area contributed by atoms with E-state index in [2.05, 4.69) is 56.7 Å². The molecule has 0 spiro atoms. The smallest absolute Gasteiger partial charge is 0.317 e. The molecule has 0 bridgehead atoms. The summed E-state index contributed by atoms with van der Waals surface area (Å²) in [5.41, 5.74) is -0.0680. The van der Waals surface area contributed by atoms with Crippen LogP contribution in [0, 0.1) is 5.92 Å². The molecule has 0 saturated carbocycles. The number of carbonyl (C=O) groups is 1. The van der Waals surface area contributed by atoms with Crippen molar-refractivity contribution in [2.75, 3.05) is 52.4 Å². The zero-order valence-corrected chi connectivity index (χ0v) is 17.0. The number of urea groups is 1. The third-order valence-electron chi connectivity index (χ3n) is 5.23.